The number of rotatable bonds is 1. The lowest BCUT2D eigenvalue weighted by Crippen LogP contribution is -2.23. The zero-order chi connectivity index (χ0) is 14.2. The number of halogens is 1. The molecular weight excluding hydrogens is 269 g/mol. The second-order valence-electron chi connectivity index (χ2n) is 5.14. The van der Waals surface area contributed by atoms with Gasteiger partial charge >= 0.3 is 0 Å². The first kappa shape index (κ1) is 12.7. The summed E-state index contributed by atoms with van der Waals surface area (Å²) in [7, 11) is 0. The Morgan fingerprint density at radius 3 is 2.67 bits per heavy atom. The Bertz CT molecular complexity index is 812. The molecule has 2 aromatic carbocycles. The summed E-state index contributed by atoms with van der Waals surface area (Å²) in [5, 5.41) is 3.05. The number of nitrogens with zero attached hydrogens (tertiary/aromatic N) is 1. The molecule has 1 aliphatic rings. The van der Waals surface area contributed by atoms with E-state index in [1.54, 1.807) is 6.07 Å². The fourth-order valence-corrected chi connectivity index (χ4v) is 2.85. The van der Waals surface area contributed by atoms with Crippen molar-refractivity contribution >= 4 is 21.7 Å². The highest BCUT2D eigenvalue weighted by Gasteiger charge is 2.21. The van der Waals surface area contributed by atoms with Crippen molar-refractivity contribution in [1.29, 1.82) is 0 Å². The number of fused-ring (bicyclic) bond motifs is 3. The molecule has 1 aromatic heterocycles. The standard InChI is InChI=1S/C17H14FNO2/c18-11-5-6-13-12-3-1-2-4-14(12)17(19-15(13)9-11)16-10-20-7-8-21-16/h1-6,9,16H,7-8,10H2. The van der Waals surface area contributed by atoms with Crippen molar-refractivity contribution in [1.82, 2.24) is 4.98 Å². The predicted octanol–water partition coefficient (Wildman–Crippen LogP) is 3.62. The molecule has 4 heteroatoms. The van der Waals surface area contributed by atoms with Gasteiger partial charge in [-0.3, -0.25) is 0 Å². The van der Waals surface area contributed by atoms with Gasteiger partial charge in [-0.15, -0.1) is 0 Å². The van der Waals surface area contributed by atoms with Crippen molar-refractivity contribution < 1.29 is 13.9 Å². The summed E-state index contributed by atoms with van der Waals surface area (Å²) < 4.78 is 24.8. The molecule has 2 heterocycles. The second kappa shape index (κ2) is 5.06. The van der Waals surface area contributed by atoms with Crippen LogP contribution >= 0.6 is 0 Å². The van der Waals surface area contributed by atoms with E-state index in [9.17, 15) is 4.39 Å². The van der Waals surface area contributed by atoms with E-state index in [1.165, 1.54) is 12.1 Å². The fraction of sp³-hybridized carbons (Fsp3) is 0.235. The first-order valence-corrected chi connectivity index (χ1v) is 7.00. The largest absolute Gasteiger partial charge is 0.376 e. The molecule has 1 unspecified atom stereocenters. The van der Waals surface area contributed by atoms with Gasteiger partial charge in [0.2, 0.25) is 0 Å². The van der Waals surface area contributed by atoms with Crippen molar-refractivity contribution in [3.8, 4) is 0 Å². The second-order valence-corrected chi connectivity index (χ2v) is 5.14. The van der Waals surface area contributed by atoms with Gasteiger partial charge in [0.25, 0.3) is 0 Å². The maximum Gasteiger partial charge on any atom is 0.125 e. The van der Waals surface area contributed by atoms with Gasteiger partial charge in [0.05, 0.1) is 31.0 Å². The van der Waals surface area contributed by atoms with Gasteiger partial charge in [0.15, 0.2) is 0 Å². The summed E-state index contributed by atoms with van der Waals surface area (Å²) in [6.07, 6.45) is -0.198. The van der Waals surface area contributed by atoms with E-state index in [2.05, 4.69) is 4.98 Å². The van der Waals surface area contributed by atoms with Crippen LogP contribution in [-0.2, 0) is 9.47 Å². The van der Waals surface area contributed by atoms with Gasteiger partial charge in [-0.2, -0.15) is 0 Å². The highest BCUT2D eigenvalue weighted by atomic mass is 19.1. The van der Waals surface area contributed by atoms with E-state index >= 15 is 0 Å². The summed E-state index contributed by atoms with van der Waals surface area (Å²) in [6.45, 7) is 1.65. The fourth-order valence-electron chi connectivity index (χ4n) is 2.85. The molecule has 0 aliphatic carbocycles. The van der Waals surface area contributed by atoms with Crippen LogP contribution in [0.25, 0.3) is 21.7 Å². The third kappa shape index (κ3) is 2.17. The lowest BCUT2D eigenvalue weighted by Gasteiger charge is -2.24. The van der Waals surface area contributed by atoms with Crippen LogP contribution in [0.5, 0.6) is 0 Å². The molecule has 0 bridgehead atoms. The lowest BCUT2D eigenvalue weighted by molar-refractivity contribution is -0.0910. The highest BCUT2D eigenvalue weighted by molar-refractivity contribution is 6.06. The van der Waals surface area contributed by atoms with E-state index in [-0.39, 0.29) is 11.9 Å². The molecule has 1 saturated heterocycles. The first-order valence-electron chi connectivity index (χ1n) is 7.00. The number of hydrogen-bond donors (Lipinski definition) is 0. The average molecular weight is 283 g/mol. The molecule has 0 amide bonds. The van der Waals surface area contributed by atoms with E-state index in [0.717, 1.165) is 21.9 Å². The average Bonchev–Trinajstić information content (AvgIpc) is 2.54. The molecule has 1 atom stereocenters. The predicted molar refractivity (Wildman–Crippen MR) is 78.7 cm³/mol. The van der Waals surface area contributed by atoms with Crippen LogP contribution in [-0.4, -0.2) is 24.8 Å². The van der Waals surface area contributed by atoms with Crippen molar-refractivity contribution in [2.45, 2.75) is 6.10 Å². The number of ether oxygens (including phenoxy) is 2. The smallest absolute Gasteiger partial charge is 0.125 e. The summed E-state index contributed by atoms with van der Waals surface area (Å²) in [6, 6.07) is 12.7. The number of hydrogen-bond acceptors (Lipinski definition) is 3. The van der Waals surface area contributed by atoms with Gasteiger partial charge in [-0.05, 0) is 17.5 Å². The molecule has 106 valence electrons. The Hall–Kier alpha value is -2.04. The Morgan fingerprint density at radius 1 is 1.00 bits per heavy atom. The highest BCUT2D eigenvalue weighted by Crippen LogP contribution is 2.32. The molecule has 0 radical (unpaired) electrons. The quantitative estimate of drug-likeness (QED) is 0.639. The third-order valence-electron chi connectivity index (χ3n) is 3.81. The zero-order valence-electron chi connectivity index (χ0n) is 11.4. The maximum absolute atomic E-state index is 13.5. The minimum atomic E-state index is -0.281. The van der Waals surface area contributed by atoms with Crippen molar-refractivity contribution in [3.05, 3.63) is 54.0 Å². The Kier molecular flexibility index (Phi) is 3.05. The zero-order valence-corrected chi connectivity index (χ0v) is 11.4. The summed E-state index contributed by atoms with van der Waals surface area (Å²) >= 11 is 0. The number of aromatic nitrogens is 1. The van der Waals surface area contributed by atoms with Crippen LogP contribution in [0.4, 0.5) is 4.39 Å². The van der Waals surface area contributed by atoms with E-state index in [1.807, 2.05) is 24.3 Å². The topological polar surface area (TPSA) is 31.4 Å². The normalized spacial score (nSPS) is 19.2. The van der Waals surface area contributed by atoms with Crippen LogP contribution < -0.4 is 0 Å². The van der Waals surface area contributed by atoms with Crippen LogP contribution in [0, 0.1) is 5.82 Å². The number of pyridine rings is 1. The van der Waals surface area contributed by atoms with Crippen molar-refractivity contribution in [3.63, 3.8) is 0 Å². The van der Waals surface area contributed by atoms with Gasteiger partial charge < -0.3 is 9.47 Å². The molecule has 3 aromatic rings. The maximum atomic E-state index is 13.5. The van der Waals surface area contributed by atoms with E-state index in [0.29, 0.717) is 25.3 Å². The molecule has 1 aliphatic heterocycles. The summed E-state index contributed by atoms with van der Waals surface area (Å²) in [5.41, 5.74) is 1.47. The van der Waals surface area contributed by atoms with Crippen LogP contribution in [0.2, 0.25) is 0 Å². The SMILES string of the molecule is Fc1ccc2c(c1)nc(C1COCCO1)c1ccccc12. The molecule has 0 spiro atoms. The molecule has 3 nitrogen and oxygen atoms in total. The Morgan fingerprint density at radius 2 is 1.86 bits per heavy atom. The monoisotopic (exact) mass is 283 g/mol. The summed E-state index contributed by atoms with van der Waals surface area (Å²) in [5.74, 6) is -0.281. The van der Waals surface area contributed by atoms with Crippen molar-refractivity contribution in [2.24, 2.45) is 0 Å². The molecule has 21 heavy (non-hydrogen) atoms. The van der Waals surface area contributed by atoms with Gasteiger partial charge in [-0.25, -0.2) is 9.37 Å². The third-order valence-corrected chi connectivity index (χ3v) is 3.81. The Balaban J connectivity index is 2.02. The lowest BCUT2D eigenvalue weighted by atomic mass is 10.0. The number of benzene rings is 2. The van der Waals surface area contributed by atoms with E-state index < -0.39 is 0 Å². The van der Waals surface area contributed by atoms with Crippen LogP contribution in [0.15, 0.2) is 42.5 Å². The summed E-state index contributed by atoms with van der Waals surface area (Å²) in [4.78, 5) is 4.64. The molecule has 1 fully saturated rings. The minimum absolute atomic E-state index is 0.198. The molecular formula is C17H14FNO2. The van der Waals surface area contributed by atoms with E-state index in [4.69, 9.17) is 9.47 Å². The van der Waals surface area contributed by atoms with Gasteiger partial charge in [0.1, 0.15) is 11.9 Å². The molecule has 0 N–H and O–H groups in total. The Labute approximate surface area is 121 Å². The van der Waals surface area contributed by atoms with Gasteiger partial charge in [-0.1, -0.05) is 24.3 Å². The first-order chi connectivity index (χ1) is 10.3. The van der Waals surface area contributed by atoms with Crippen molar-refractivity contribution in [2.75, 3.05) is 19.8 Å². The van der Waals surface area contributed by atoms with Crippen LogP contribution in [0.3, 0.4) is 0 Å². The minimum Gasteiger partial charge on any atom is -0.376 e. The molecule has 4 rings (SSSR count). The molecule has 0 saturated carbocycles. The van der Waals surface area contributed by atoms with Gasteiger partial charge in [0, 0.05) is 16.8 Å². The van der Waals surface area contributed by atoms with Crippen LogP contribution in [0.1, 0.15) is 11.8 Å².